The summed E-state index contributed by atoms with van der Waals surface area (Å²) in [6, 6.07) is 13.4. The van der Waals surface area contributed by atoms with E-state index < -0.39 is 23.8 Å². The highest BCUT2D eigenvalue weighted by Gasteiger charge is 2.35. The van der Waals surface area contributed by atoms with Gasteiger partial charge in [-0.1, -0.05) is 37.5 Å². The lowest BCUT2D eigenvalue weighted by molar-refractivity contribution is -0.120. The molecule has 1 aliphatic carbocycles. The smallest absolute Gasteiger partial charge is 0.217 e. The number of carbonyl (C=O) groups excluding carboxylic acids is 1. The summed E-state index contributed by atoms with van der Waals surface area (Å²) < 4.78 is 27.5. The molecule has 1 saturated carbocycles. The minimum absolute atomic E-state index is 0.122. The van der Waals surface area contributed by atoms with Crippen molar-refractivity contribution in [2.24, 2.45) is 0 Å². The molecule has 192 valence electrons. The molecule has 4 rings (SSSR count). The molecule has 1 fully saturated rings. The maximum Gasteiger partial charge on any atom is 0.217 e. The largest absolute Gasteiger partial charge is 0.390 e. The van der Waals surface area contributed by atoms with Crippen molar-refractivity contribution in [3.05, 3.63) is 82.2 Å². The number of thiophene rings is 1. The van der Waals surface area contributed by atoms with E-state index in [1.54, 1.807) is 11.3 Å². The number of hydrogen-bond donors (Lipinski definition) is 3. The highest BCUT2D eigenvalue weighted by molar-refractivity contribution is 7.13. The van der Waals surface area contributed by atoms with Gasteiger partial charge < -0.3 is 15.7 Å². The van der Waals surface area contributed by atoms with Crippen LogP contribution in [-0.2, 0) is 16.8 Å². The molecule has 1 aliphatic rings. The van der Waals surface area contributed by atoms with Gasteiger partial charge in [0.25, 0.3) is 0 Å². The standard InChI is InChI=1S/C29H34F2N2O2S/c1-19-11-28(36-18-19)22-7-6-8-23(15-22)29(9-4-3-5-10-29)32-17-27(35)26(33-20(2)34)14-21-12-24(30)16-25(31)13-21/h6-8,11-13,15-16,18,26-27,32,35H,3-5,9-10,14,17H2,1-2H3,(H,33,34)/t26-,27-/m0/s1. The van der Waals surface area contributed by atoms with Crippen molar-refractivity contribution in [2.45, 2.75) is 70.1 Å². The van der Waals surface area contributed by atoms with Gasteiger partial charge in [0.1, 0.15) is 11.6 Å². The Labute approximate surface area is 215 Å². The van der Waals surface area contributed by atoms with Gasteiger partial charge in [-0.25, -0.2) is 8.78 Å². The number of carbonyl (C=O) groups is 1. The Balaban J connectivity index is 1.54. The van der Waals surface area contributed by atoms with Gasteiger partial charge in [-0.05, 0) is 78.1 Å². The number of hydrogen-bond acceptors (Lipinski definition) is 4. The lowest BCUT2D eigenvalue weighted by Gasteiger charge is -2.40. The molecule has 3 aromatic rings. The average Bonchev–Trinajstić information content (AvgIpc) is 3.28. The normalized spacial score (nSPS) is 16.9. The molecule has 1 amide bonds. The summed E-state index contributed by atoms with van der Waals surface area (Å²) in [4.78, 5) is 13.1. The van der Waals surface area contributed by atoms with Gasteiger partial charge in [0.15, 0.2) is 0 Å². The Morgan fingerprint density at radius 1 is 1.08 bits per heavy atom. The number of aliphatic hydroxyl groups excluding tert-OH is 1. The fraction of sp³-hybridized carbons (Fsp3) is 0.414. The summed E-state index contributed by atoms with van der Waals surface area (Å²) in [6.07, 6.45) is 4.43. The van der Waals surface area contributed by atoms with Crippen molar-refractivity contribution in [1.82, 2.24) is 10.6 Å². The zero-order chi connectivity index (χ0) is 25.7. The van der Waals surface area contributed by atoms with Gasteiger partial charge >= 0.3 is 0 Å². The fourth-order valence-electron chi connectivity index (χ4n) is 5.24. The first-order valence-electron chi connectivity index (χ1n) is 12.6. The fourth-order valence-corrected chi connectivity index (χ4v) is 6.14. The molecule has 36 heavy (non-hydrogen) atoms. The van der Waals surface area contributed by atoms with E-state index in [0.29, 0.717) is 5.56 Å². The molecular formula is C29H34F2N2O2S. The minimum atomic E-state index is -0.942. The number of aliphatic hydroxyl groups is 1. The molecule has 3 N–H and O–H groups in total. The first kappa shape index (κ1) is 26.5. The maximum atomic E-state index is 13.7. The van der Waals surface area contributed by atoms with Crippen LogP contribution in [0.5, 0.6) is 0 Å². The Bertz CT molecular complexity index is 1170. The van der Waals surface area contributed by atoms with E-state index in [1.165, 1.54) is 47.0 Å². The predicted octanol–water partition coefficient (Wildman–Crippen LogP) is 5.86. The van der Waals surface area contributed by atoms with Crippen molar-refractivity contribution in [3.63, 3.8) is 0 Å². The molecule has 7 heteroatoms. The number of amides is 1. The number of aryl methyl sites for hydroxylation is 1. The number of halogens is 2. The third-order valence-electron chi connectivity index (χ3n) is 7.02. The quantitative estimate of drug-likeness (QED) is 0.337. The topological polar surface area (TPSA) is 61.4 Å². The van der Waals surface area contributed by atoms with Crippen LogP contribution in [0.2, 0.25) is 0 Å². The van der Waals surface area contributed by atoms with E-state index in [1.807, 2.05) is 0 Å². The van der Waals surface area contributed by atoms with Crippen LogP contribution in [0, 0.1) is 18.6 Å². The molecule has 0 aliphatic heterocycles. The summed E-state index contributed by atoms with van der Waals surface area (Å²) >= 11 is 1.73. The first-order chi connectivity index (χ1) is 17.2. The second-order valence-electron chi connectivity index (χ2n) is 9.95. The Hall–Kier alpha value is -2.61. The summed E-state index contributed by atoms with van der Waals surface area (Å²) in [5.74, 6) is -1.66. The Morgan fingerprint density at radius 3 is 2.44 bits per heavy atom. The van der Waals surface area contributed by atoms with E-state index in [4.69, 9.17) is 0 Å². The zero-order valence-electron chi connectivity index (χ0n) is 20.8. The minimum Gasteiger partial charge on any atom is -0.390 e. The third kappa shape index (κ3) is 6.58. The predicted molar refractivity (Wildman–Crippen MR) is 141 cm³/mol. The second-order valence-corrected chi connectivity index (χ2v) is 10.9. The van der Waals surface area contributed by atoms with Crippen molar-refractivity contribution in [1.29, 1.82) is 0 Å². The van der Waals surface area contributed by atoms with E-state index in [0.717, 1.165) is 31.7 Å². The van der Waals surface area contributed by atoms with Crippen molar-refractivity contribution in [3.8, 4) is 10.4 Å². The Morgan fingerprint density at radius 2 is 1.81 bits per heavy atom. The molecule has 2 aromatic carbocycles. The van der Waals surface area contributed by atoms with E-state index in [-0.39, 0.29) is 24.4 Å². The summed E-state index contributed by atoms with van der Waals surface area (Å²) in [5.41, 5.74) is 3.73. The molecule has 0 spiro atoms. The van der Waals surface area contributed by atoms with Gasteiger partial charge in [-0.2, -0.15) is 0 Å². The second kappa shape index (κ2) is 11.6. The molecule has 2 atom stereocenters. The van der Waals surface area contributed by atoms with Crippen LogP contribution in [0.25, 0.3) is 10.4 Å². The van der Waals surface area contributed by atoms with Crippen LogP contribution in [0.4, 0.5) is 8.78 Å². The number of nitrogens with one attached hydrogen (secondary N) is 2. The van der Waals surface area contributed by atoms with Crippen molar-refractivity contribution >= 4 is 17.2 Å². The SMILES string of the molecule is CC(=O)N[C@@H](Cc1cc(F)cc(F)c1)[C@@H](O)CNC1(c2cccc(-c3cc(C)cs3)c2)CCCCC1. The lowest BCUT2D eigenvalue weighted by atomic mass is 9.76. The van der Waals surface area contributed by atoms with Crippen molar-refractivity contribution < 1.29 is 18.7 Å². The monoisotopic (exact) mass is 512 g/mol. The van der Waals surface area contributed by atoms with Crippen LogP contribution in [0.1, 0.15) is 55.7 Å². The average molecular weight is 513 g/mol. The van der Waals surface area contributed by atoms with Crippen molar-refractivity contribution in [2.75, 3.05) is 6.54 Å². The van der Waals surface area contributed by atoms with E-state index >= 15 is 0 Å². The van der Waals surface area contributed by atoms with Gasteiger partial charge in [-0.3, -0.25) is 4.79 Å². The number of benzene rings is 2. The maximum absolute atomic E-state index is 13.7. The van der Waals surface area contributed by atoms with E-state index in [9.17, 15) is 18.7 Å². The summed E-state index contributed by atoms with van der Waals surface area (Å²) in [5, 5.41) is 19.7. The highest BCUT2D eigenvalue weighted by Crippen LogP contribution is 2.39. The summed E-state index contributed by atoms with van der Waals surface area (Å²) in [7, 11) is 0. The van der Waals surface area contributed by atoms with Gasteiger partial charge in [-0.15, -0.1) is 11.3 Å². The molecular weight excluding hydrogens is 478 g/mol. The summed E-state index contributed by atoms with van der Waals surface area (Å²) in [6.45, 7) is 3.71. The first-order valence-corrected chi connectivity index (χ1v) is 13.4. The molecule has 0 unspecified atom stereocenters. The van der Waals surface area contributed by atoms with Gasteiger partial charge in [0.2, 0.25) is 5.91 Å². The molecule has 1 heterocycles. The highest BCUT2D eigenvalue weighted by atomic mass is 32.1. The third-order valence-corrected chi connectivity index (χ3v) is 8.12. The van der Waals surface area contributed by atoms with Crippen LogP contribution in [0.3, 0.4) is 0 Å². The van der Waals surface area contributed by atoms with Crippen LogP contribution in [-0.4, -0.2) is 29.7 Å². The number of rotatable bonds is 9. The van der Waals surface area contributed by atoms with Crippen LogP contribution < -0.4 is 10.6 Å². The molecule has 0 radical (unpaired) electrons. The zero-order valence-corrected chi connectivity index (χ0v) is 21.6. The Kier molecular flexibility index (Phi) is 8.54. The van der Waals surface area contributed by atoms with Gasteiger partial charge in [0, 0.05) is 30.0 Å². The van der Waals surface area contributed by atoms with Crippen LogP contribution in [0.15, 0.2) is 53.9 Å². The van der Waals surface area contributed by atoms with Gasteiger partial charge in [0.05, 0.1) is 12.1 Å². The van der Waals surface area contributed by atoms with E-state index in [2.05, 4.69) is 53.3 Å². The molecule has 0 saturated heterocycles. The van der Waals surface area contributed by atoms with Crippen LogP contribution >= 0.6 is 11.3 Å². The molecule has 1 aromatic heterocycles. The molecule has 0 bridgehead atoms. The molecule has 4 nitrogen and oxygen atoms in total. The lowest BCUT2D eigenvalue weighted by Crippen LogP contribution is -2.53.